The maximum atomic E-state index is 14.5. The van der Waals surface area contributed by atoms with Crippen LogP contribution in [0.15, 0.2) is 28.2 Å². The third kappa shape index (κ3) is 16.5. The fraction of sp³-hybridized carbons (Fsp3) is 0.417. The monoisotopic (exact) mass is 1040 g/mol. The molecule has 4 aromatic rings. The number of rotatable bonds is 12. The van der Waals surface area contributed by atoms with E-state index in [9.17, 15) is 41.4 Å². The predicted octanol–water partition coefficient (Wildman–Crippen LogP) is 1.00. The molecule has 0 bridgehead atoms. The molecular formula is C36H46ClFN11O14PS3. The summed E-state index contributed by atoms with van der Waals surface area (Å²) in [6, 6.07) is 2.82. The van der Waals surface area contributed by atoms with Crippen LogP contribution in [-0.2, 0) is 55.1 Å². The normalized spacial score (nSPS) is 14.5. The van der Waals surface area contributed by atoms with Gasteiger partial charge in [-0.3, -0.25) is 29.8 Å². The number of carbonyl (C=O) groups excluding carboxylic acids is 2. The molecule has 0 spiro atoms. The lowest BCUT2D eigenvalue weighted by atomic mass is 9.92. The third-order valence-electron chi connectivity index (χ3n) is 7.99. The molecule has 2 aliphatic heterocycles. The topological polar surface area (TPSA) is 344 Å². The largest absolute Gasteiger partial charge is 0.778 e. The van der Waals surface area contributed by atoms with Crippen LogP contribution in [0.25, 0.3) is 0 Å². The number of amides is 3. The van der Waals surface area contributed by atoms with E-state index in [1.807, 2.05) is 9.88 Å². The number of carboxylic acid groups (broad SMARTS) is 2. The van der Waals surface area contributed by atoms with E-state index in [0.29, 0.717) is 31.8 Å². The Bertz CT molecular complexity index is 2730. The summed E-state index contributed by atoms with van der Waals surface area (Å²) in [4.78, 5) is 77.2. The van der Waals surface area contributed by atoms with Gasteiger partial charge in [-0.05, 0) is 22.4 Å². The van der Waals surface area contributed by atoms with Crippen LogP contribution in [0.2, 0.25) is 5.15 Å². The maximum Gasteiger partial charge on any atom is 0.341 e. The van der Waals surface area contributed by atoms with Crippen LogP contribution in [0.3, 0.4) is 0 Å². The molecule has 0 saturated heterocycles. The van der Waals surface area contributed by atoms with Gasteiger partial charge < -0.3 is 43.3 Å². The number of aryl methyl sites for hydroxylation is 1. The molecule has 0 aliphatic carbocycles. The van der Waals surface area contributed by atoms with Crippen molar-refractivity contribution in [1.29, 1.82) is 0 Å². The SMILES string of the molecule is C#CCN1C(=O)COc2cc(F)c(/N=c3\snc4n3CC(C)(C)C4)cc21.COc1cc(OC)nc(NC(=O)NS(=O)(=O)c2c(C(=O)O)c(Cl)nn2C)n1.C[S+](C)C.O=C(O)CNCP(=O)([O-])O. The lowest BCUT2D eigenvalue weighted by molar-refractivity contribution is -0.193. The van der Waals surface area contributed by atoms with E-state index in [2.05, 4.69) is 68.3 Å². The molecular weight excluding hydrogens is 992 g/mol. The average molecular weight is 1040 g/mol. The number of sulfonamides is 1. The number of fused-ring (bicyclic) bond motifs is 2. The first-order valence-electron chi connectivity index (χ1n) is 18.6. The molecule has 3 amide bonds. The molecule has 1 atom stereocenters. The third-order valence-corrected chi connectivity index (χ3v) is 11.1. The second kappa shape index (κ2) is 23.7. The molecule has 6 N–H and O–H groups in total. The lowest BCUT2D eigenvalue weighted by Gasteiger charge is -2.28. The number of ether oxygens (including phenoxy) is 3. The number of anilines is 2. The first-order valence-corrected chi connectivity index (χ1v) is 25.5. The van der Waals surface area contributed by atoms with E-state index in [1.54, 1.807) is 4.72 Å². The van der Waals surface area contributed by atoms with Crippen LogP contribution >= 0.6 is 30.7 Å². The average Bonchev–Trinajstić information content (AvgIpc) is 3.83. The molecule has 1 aromatic carbocycles. The molecule has 3 aromatic heterocycles. The lowest BCUT2D eigenvalue weighted by Crippen LogP contribution is -2.39. The second-order valence-corrected chi connectivity index (χ2v) is 21.5. The van der Waals surface area contributed by atoms with Gasteiger partial charge in [0.05, 0.1) is 64.1 Å². The zero-order valence-corrected chi connectivity index (χ0v) is 41.0. The van der Waals surface area contributed by atoms with Crippen molar-refractivity contribution >= 4 is 92.8 Å². The van der Waals surface area contributed by atoms with Crippen molar-refractivity contribution in [2.75, 3.05) is 69.2 Å². The van der Waals surface area contributed by atoms with Crippen LogP contribution < -0.4 is 44.2 Å². The molecule has 2 aliphatic rings. The van der Waals surface area contributed by atoms with E-state index < -0.39 is 70.0 Å². The number of methoxy groups -OCH3 is 2. The van der Waals surface area contributed by atoms with Crippen molar-refractivity contribution in [3.8, 4) is 29.9 Å². The number of hydrogen-bond acceptors (Lipinski definition) is 18. The van der Waals surface area contributed by atoms with Crippen LogP contribution in [-0.4, -0.2) is 135 Å². The number of aliphatic carboxylic acids is 1. The van der Waals surface area contributed by atoms with E-state index in [-0.39, 0.29) is 47.9 Å². The predicted molar refractivity (Wildman–Crippen MR) is 241 cm³/mol. The highest BCUT2D eigenvalue weighted by Crippen LogP contribution is 2.38. The number of aromatic nitrogens is 6. The van der Waals surface area contributed by atoms with Crippen molar-refractivity contribution in [1.82, 2.24) is 38.7 Å². The minimum Gasteiger partial charge on any atom is -0.778 e. The first kappa shape index (κ1) is 55.5. The zero-order chi connectivity index (χ0) is 50.6. The van der Waals surface area contributed by atoms with Gasteiger partial charge in [0, 0.05) is 37.6 Å². The number of carboxylic acids is 2. The summed E-state index contributed by atoms with van der Waals surface area (Å²) in [5.74, 6) is -0.104. The van der Waals surface area contributed by atoms with E-state index in [0.717, 1.165) is 25.8 Å². The van der Waals surface area contributed by atoms with Crippen LogP contribution in [0.5, 0.6) is 17.5 Å². The van der Waals surface area contributed by atoms with Crippen molar-refractivity contribution in [2.24, 2.45) is 17.5 Å². The van der Waals surface area contributed by atoms with Crippen LogP contribution in [0.1, 0.15) is 30.0 Å². The summed E-state index contributed by atoms with van der Waals surface area (Å²) in [5.41, 5.74) is -0.101. The minimum absolute atomic E-state index is 0.0478. The number of halogens is 2. The molecule has 366 valence electrons. The molecule has 0 saturated carbocycles. The number of nitrogens with zero attached hydrogens (tertiary/aromatic N) is 8. The summed E-state index contributed by atoms with van der Waals surface area (Å²) >= 11 is 6.87. The zero-order valence-electron chi connectivity index (χ0n) is 36.9. The molecule has 5 heterocycles. The number of nitrogens with one attached hydrogen (secondary N) is 3. The summed E-state index contributed by atoms with van der Waals surface area (Å²) in [7, 11) is -4.57. The number of aromatic carboxylic acids is 1. The highest BCUT2D eigenvalue weighted by Gasteiger charge is 2.33. The number of hydrogen-bond donors (Lipinski definition) is 6. The highest BCUT2D eigenvalue weighted by molar-refractivity contribution is 7.94. The van der Waals surface area contributed by atoms with Crippen molar-refractivity contribution in [3.63, 3.8) is 0 Å². The second-order valence-electron chi connectivity index (χ2n) is 14.7. The molecule has 0 radical (unpaired) electrons. The fourth-order valence-corrected chi connectivity index (χ4v) is 8.21. The number of urea groups is 1. The van der Waals surface area contributed by atoms with Gasteiger partial charge in [0.25, 0.3) is 15.9 Å². The summed E-state index contributed by atoms with van der Waals surface area (Å²) in [5, 5.41) is 23.3. The van der Waals surface area contributed by atoms with Gasteiger partial charge in [-0.2, -0.15) is 27.9 Å². The van der Waals surface area contributed by atoms with Gasteiger partial charge in [0.15, 0.2) is 22.6 Å². The Morgan fingerprint density at radius 3 is 2.31 bits per heavy atom. The summed E-state index contributed by atoms with van der Waals surface area (Å²) in [6.45, 7) is 4.57. The Morgan fingerprint density at radius 2 is 1.78 bits per heavy atom. The molecule has 31 heteroatoms. The summed E-state index contributed by atoms with van der Waals surface area (Å²) < 4.78 is 73.2. The van der Waals surface area contributed by atoms with Crippen LogP contribution in [0, 0.1) is 23.6 Å². The standard InChI is InChI=1S/C18H17FN4O2S.C12H13ClN6O7S.C3H8NO5P.C3H9S/c1-4-5-22-13-7-12(11(19)6-14(13)25-9-16(22)24)20-17-23-10-18(2,3)8-15(23)21-26-17;1-19-9(7(10(20)21)8(13)17-19)27(23,24)18-12(22)16-11-14-5(25-2)4-6(15-11)26-3;5-3(6)1-4-2-10(7,8)9;1-4(2)3/h1,6-7H,5,8-10H2,2-3H3;4H,1-3H3,(H,20,21)(H2,14,15,16,18,22);4H,1-2H2,(H,5,6)(H2,7,8,9);1-3H3/q;;;+1/p-1/b20-17-;;;. The first-order chi connectivity index (χ1) is 31.1. The number of benzene rings is 1. The summed E-state index contributed by atoms with van der Waals surface area (Å²) in [6.07, 6.45) is 12.1. The van der Waals surface area contributed by atoms with E-state index >= 15 is 0 Å². The Hall–Kier alpha value is -5.86. The molecule has 6 rings (SSSR count). The molecule has 67 heavy (non-hydrogen) atoms. The Kier molecular flexibility index (Phi) is 19.6. The quantitative estimate of drug-likeness (QED) is 0.0655. The van der Waals surface area contributed by atoms with Gasteiger partial charge >= 0.3 is 18.0 Å². The highest BCUT2D eigenvalue weighted by atomic mass is 35.5. The number of carbonyl (C=O) groups is 4. The van der Waals surface area contributed by atoms with E-state index in [4.69, 9.17) is 47.3 Å². The van der Waals surface area contributed by atoms with Gasteiger partial charge in [0.2, 0.25) is 22.5 Å². The van der Waals surface area contributed by atoms with Crippen LogP contribution in [0.4, 0.5) is 26.5 Å². The van der Waals surface area contributed by atoms with Gasteiger partial charge in [-0.25, -0.2) is 23.7 Å². The van der Waals surface area contributed by atoms with Crippen molar-refractivity contribution in [3.05, 3.63) is 45.4 Å². The molecule has 25 nitrogen and oxygen atoms in total. The fourth-order valence-electron chi connectivity index (χ4n) is 5.48. The Balaban J connectivity index is 0.000000278. The maximum absolute atomic E-state index is 14.5. The van der Waals surface area contributed by atoms with Gasteiger partial charge in [0.1, 0.15) is 30.4 Å². The Labute approximate surface area is 394 Å². The van der Waals surface area contributed by atoms with Gasteiger partial charge in [-0.15, -0.1) is 6.42 Å². The number of terminal acetylenes is 1. The smallest absolute Gasteiger partial charge is 0.341 e. The van der Waals surface area contributed by atoms with Crippen molar-refractivity contribution < 1.29 is 70.8 Å². The molecule has 1 unspecified atom stereocenters. The minimum atomic E-state index is -4.64. The van der Waals surface area contributed by atoms with Crippen molar-refractivity contribution in [2.45, 2.75) is 31.8 Å². The Morgan fingerprint density at radius 1 is 1.16 bits per heavy atom. The van der Waals surface area contributed by atoms with Gasteiger partial charge in [-0.1, -0.05) is 31.4 Å². The molecule has 0 fully saturated rings. The van der Waals surface area contributed by atoms with E-state index in [1.165, 1.54) is 48.9 Å².